The van der Waals surface area contributed by atoms with Crippen LogP contribution in [0.2, 0.25) is 0 Å². The van der Waals surface area contributed by atoms with Gasteiger partial charge in [0.2, 0.25) is 0 Å². The Morgan fingerprint density at radius 3 is 3.08 bits per heavy atom. The largest absolute Gasteiger partial charge is 0.377 e. The average molecular weight is 335 g/mol. The molecule has 24 heavy (non-hydrogen) atoms. The van der Waals surface area contributed by atoms with Crippen molar-refractivity contribution in [2.45, 2.75) is 31.5 Å². The number of rotatable bonds is 5. The fourth-order valence-corrected chi connectivity index (χ4v) is 3.42. The molecular formula is C17H29N5O2. The number of likely N-dealkylation sites (N-methyl/N-ethyl adjacent to an activating group) is 1. The first-order valence-corrected chi connectivity index (χ1v) is 8.81. The highest BCUT2D eigenvalue weighted by molar-refractivity contribution is 5.47. The van der Waals surface area contributed by atoms with Gasteiger partial charge < -0.3 is 19.7 Å². The molecule has 0 bridgehead atoms. The molecule has 7 nitrogen and oxygen atoms in total. The quantitative estimate of drug-likeness (QED) is 0.868. The first-order chi connectivity index (χ1) is 11.6. The smallest absolute Gasteiger partial charge is 0.133 e. The molecule has 0 amide bonds. The van der Waals surface area contributed by atoms with Gasteiger partial charge in [0.25, 0.3) is 0 Å². The van der Waals surface area contributed by atoms with E-state index in [0.717, 1.165) is 57.3 Å². The van der Waals surface area contributed by atoms with E-state index in [1.54, 1.807) is 6.33 Å². The van der Waals surface area contributed by atoms with E-state index < -0.39 is 0 Å². The Kier molecular flexibility index (Phi) is 5.53. The van der Waals surface area contributed by atoms with Crippen molar-refractivity contribution in [1.82, 2.24) is 14.9 Å². The van der Waals surface area contributed by atoms with Gasteiger partial charge in [-0.05, 0) is 19.4 Å². The molecule has 0 radical (unpaired) electrons. The van der Waals surface area contributed by atoms with Gasteiger partial charge in [-0.1, -0.05) is 6.92 Å². The van der Waals surface area contributed by atoms with E-state index in [0.29, 0.717) is 6.61 Å². The van der Waals surface area contributed by atoms with Crippen molar-refractivity contribution in [3.05, 3.63) is 12.4 Å². The third-order valence-corrected chi connectivity index (χ3v) is 4.84. The van der Waals surface area contributed by atoms with Gasteiger partial charge in [0, 0.05) is 39.8 Å². The monoisotopic (exact) mass is 335 g/mol. The third kappa shape index (κ3) is 4.15. The summed E-state index contributed by atoms with van der Waals surface area (Å²) < 4.78 is 12.2. The number of anilines is 2. The average Bonchev–Trinajstić information content (AvgIpc) is 2.87. The van der Waals surface area contributed by atoms with Gasteiger partial charge in [-0.25, -0.2) is 9.97 Å². The molecule has 2 aliphatic heterocycles. The van der Waals surface area contributed by atoms with Crippen LogP contribution in [0.25, 0.3) is 0 Å². The molecule has 7 heteroatoms. The number of nitrogens with one attached hydrogen (secondary N) is 1. The predicted octanol–water partition coefficient (Wildman–Crippen LogP) is 1.22. The zero-order chi connectivity index (χ0) is 17.0. The summed E-state index contributed by atoms with van der Waals surface area (Å²) in [4.78, 5) is 12.9. The molecule has 0 saturated carbocycles. The zero-order valence-electron chi connectivity index (χ0n) is 15.0. The van der Waals surface area contributed by atoms with E-state index in [2.05, 4.69) is 27.1 Å². The maximum absolute atomic E-state index is 6.42. The molecule has 2 saturated heterocycles. The summed E-state index contributed by atoms with van der Waals surface area (Å²) in [5.74, 6) is 1.73. The number of hydrogen-bond donors (Lipinski definition) is 1. The number of hydrogen-bond acceptors (Lipinski definition) is 7. The van der Waals surface area contributed by atoms with Gasteiger partial charge in [-0.15, -0.1) is 0 Å². The van der Waals surface area contributed by atoms with E-state index in [1.165, 1.54) is 0 Å². The van der Waals surface area contributed by atoms with Crippen LogP contribution in [-0.2, 0) is 9.47 Å². The van der Waals surface area contributed by atoms with Crippen molar-refractivity contribution in [2.24, 2.45) is 0 Å². The second kappa shape index (κ2) is 7.63. The van der Waals surface area contributed by atoms with Crippen LogP contribution in [0.15, 0.2) is 12.4 Å². The van der Waals surface area contributed by atoms with Crippen LogP contribution in [0.4, 0.5) is 11.6 Å². The van der Waals surface area contributed by atoms with Crippen LogP contribution in [0, 0.1) is 0 Å². The molecule has 1 aromatic heterocycles. The van der Waals surface area contributed by atoms with Crippen LogP contribution in [-0.4, -0.2) is 80.1 Å². The lowest BCUT2D eigenvalue weighted by molar-refractivity contribution is -0.0818. The Hall–Kier alpha value is -1.44. The molecule has 3 heterocycles. The molecule has 2 fully saturated rings. The Labute approximate surface area is 144 Å². The van der Waals surface area contributed by atoms with E-state index in [9.17, 15) is 0 Å². The standard InChI is InChI=1S/C17H29N5O2/c1-4-22-7-8-23-12-17(11-22)6-5-14(24-17)10-18-15-9-16(21(2)3)20-13-19-15/h9,13-14H,4-8,10-12H2,1-3H3,(H,18,19,20)/t14-,17+/m0/s1. The lowest BCUT2D eigenvalue weighted by Crippen LogP contribution is -2.44. The van der Waals surface area contributed by atoms with Crippen molar-refractivity contribution in [2.75, 3.05) is 63.7 Å². The van der Waals surface area contributed by atoms with Crippen LogP contribution >= 0.6 is 0 Å². The highest BCUT2D eigenvalue weighted by atomic mass is 16.6. The van der Waals surface area contributed by atoms with Crippen LogP contribution in [0.5, 0.6) is 0 Å². The van der Waals surface area contributed by atoms with Gasteiger partial charge in [-0.3, -0.25) is 4.90 Å². The number of nitrogens with zero attached hydrogens (tertiary/aromatic N) is 4. The summed E-state index contributed by atoms with van der Waals surface area (Å²) in [7, 11) is 3.95. The van der Waals surface area contributed by atoms with Gasteiger partial charge in [0.05, 0.1) is 19.3 Å². The van der Waals surface area contributed by atoms with E-state index in [4.69, 9.17) is 9.47 Å². The molecule has 1 aromatic rings. The van der Waals surface area contributed by atoms with Crippen molar-refractivity contribution < 1.29 is 9.47 Å². The number of aromatic nitrogens is 2. The molecule has 0 aromatic carbocycles. The van der Waals surface area contributed by atoms with E-state index in [1.807, 2.05) is 25.1 Å². The summed E-state index contributed by atoms with van der Waals surface area (Å²) in [6.07, 6.45) is 3.90. The van der Waals surface area contributed by atoms with Crippen molar-refractivity contribution in [1.29, 1.82) is 0 Å². The van der Waals surface area contributed by atoms with Crippen LogP contribution < -0.4 is 10.2 Å². The third-order valence-electron chi connectivity index (χ3n) is 4.84. The Morgan fingerprint density at radius 1 is 1.42 bits per heavy atom. The Balaban J connectivity index is 1.55. The molecule has 1 spiro atoms. The fraction of sp³-hybridized carbons (Fsp3) is 0.765. The topological polar surface area (TPSA) is 62.8 Å². The van der Waals surface area contributed by atoms with Gasteiger partial charge in [-0.2, -0.15) is 0 Å². The molecule has 2 aliphatic rings. The van der Waals surface area contributed by atoms with E-state index in [-0.39, 0.29) is 11.7 Å². The minimum Gasteiger partial charge on any atom is -0.377 e. The molecule has 0 aliphatic carbocycles. The summed E-state index contributed by atoms with van der Waals surface area (Å²) in [5, 5.41) is 3.39. The summed E-state index contributed by atoms with van der Waals surface area (Å²) in [6.45, 7) is 7.49. The van der Waals surface area contributed by atoms with Gasteiger partial charge in [0.1, 0.15) is 23.6 Å². The predicted molar refractivity (Wildman–Crippen MR) is 94.6 cm³/mol. The van der Waals surface area contributed by atoms with Crippen molar-refractivity contribution in [3.63, 3.8) is 0 Å². The Morgan fingerprint density at radius 2 is 2.29 bits per heavy atom. The van der Waals surface area contributed by atoms with Crippen LogP contribution in [0.3, 0.4) is 0 Å². The maximum atomic E-state index is 6.42. The minimum atomic E-state index is -0.140. The lowest BCUT2D eigenvalue weighted by atomic mass is 10.00. The first kappa shape index (κ1) is 17.4. The second-order valence-corrected chi connectivity index (χ2v) is 6.92. The molecule has 3 rings (SSSR count). The second-order valence-electron chi connectivity index (χ2n) is 6.92. The zero-order valence-corrected chi connectivity index (χ0v) is 15.0. The van der Waals surface area contributed by atoms with Crippen molar-refractivity contribution >= 4 is 11.6 Å². The molecular weight excluding hydrogens is 306 g/mol. The summed E-state index contributed by atoms with van der Waals surface area (Å²) in [6, 6.07) is 1.96. The lowest BCUT2D eigenvalue weighted by Gasteiger charge is -2.31. The van der Waals surface area contributed by atoms with Crippen molar-refractivity contribution in [3.8, 4) is 0 Å². The molecule has 1 N–H and O–H groups in total. The summed E-state index contributed by atoms with van der Waals surface area (Å²) in [5.41, 5.74) is -0.140. The maximum Gasteiger partial charge on any atom is 0.133 e. The first-order valence-electron chi connectivity index (χ1n) is 8.81. The van der Waals surface area contributed by atoms with Gasteiger partial charge in [0.15, 0.2) is 0 Å². The van der Waals surface area contributed by atoms with E-state index >= 15 is 0 Å². The minimum absolute atomic E-state index is 0.140. The molecule has 2 atom stereocenters. The molecule has 0 unspecified atom stereocenters. The van der Waals surface area contributed by atoms with Gasteiger partial charge >= 0.3 is 0 Å². The normalized spacial score (nSPS) is 28.0. The van der Waals surface area contributed by atoms with Crippen LogP contribution in [0.1, 0.15) is 19.8 Å². The highest BCUT2D eigenvalue weighted by Crippen LogP contribution is 2.33. The number of ether oxygens (including phenoxy) is 2. The fourth-order valence-electron chi connectivity index (χ4n) is 3.42. The molecule has 134 valence electrons. The highest BCUT2D eigenvalue weighted by Gasteiger charge is 2.42. The SMILES string of the molecule is CCN1CCOC[C@@]2(CC[C@@H](CNc3cc(N(C)C)ncn3)O2)C1. The summed E-state index contributed by atoms with van der Waals surface area (Å²) >= 11 is 0. The Bertz CT molecular complexity index is 541.